The minimum atomic E-state index is -0.0222. The van der Waals surface area contributed by atoms with Crippen LogP contribution in [-0.2, 0) is 4.79 Å². The first kappa shape index (κ1) is 20.3. The number of fused-ring (bicyclic) bond motifs is 1. The van der Waals surface area contributed by atoms with Gasteiger partial charge in [0.2, 0.25) is 5.91 Å². The molecule has 1 fully saturated rings. The standard InChI is InChI=1S/C23H30N6O/c1-4-5-13-24-23(30)18-10-9-14-28(15-18)22-21-20(16(2)25-26-22)17(3)29(27-21)19-11-7-6-8-12-19/h6-8,11-12,18H,4-5,9-10,13-15H2,1-3H3,(H,24,30)/t18-/m0/s1. The monoisotopic (exact) mass is 406 g/mol. The van der Waals surface area contributed by atoms with Gasteiger partial charge in [-0.3, -0.25) is 4.79 Å². The molecule has 30 heavy (non-hydrogen) atoms. The number of nitrogens with zero attached hydrogens (tertiary/aromatic N) is 5. The van der Waals surface area contributed by atoms with Crippen LogP contribution in [0.3, 0.4) is 0 Å². The van der Waals surface area contributed by atoms with E-state index in [9.17, 15) is 4.79 Å². The third-order valence-corrected chi connectivity index (χ3v) is 5.91. The number of nitrogens with one attached hydrogen (secondary N) is 1. The van der Waals surface area contributed by atoms with Crippen LogP contribution in [-0.4, -0.2) is 45.5 Å². The number of para-hydroxylation sites is 1. The Labute approximate surface area is 177 Å². The molecule has 3 heterocycles. The summed E-state index contributed by atoms with van der Waals surface area (Å²) in [5.74, 6) is 0.904. The van der Waals surface area contributed by atoms with E-state index >= 15 is 0 Å². The Morgan fingerprint density at radius 2 is 2.00 bits per heavy atom. The molecule has 4 rings (SSSR count). The van der Waals surface area contributed by atoms with Gasteiger partial charge in [-0.05, 0) is 45.2 Å². The van der Waals surface area contributed by atoms with E-state index in [2.05, 4.69) is 34.3 Å². The molecule has 0 spiro atoms. The lowest BCUT2D eigenvalue weighted by Gasteiger charge is -2.32. The quantitative estimate of drug-likeness (QED) is 0.634. The molecule has 2 aromatic heterocycles. The first-order valence-corrected chi connectivity index (χ1v) is 10.9. The number of hydrogen-bond donors (Lipinski definition) is 1. The maximum atomic E-state index is 12.6. The van der Waals surface area contributed by atoms with Crippen molar-refractivity contribution in [2.75, 3.05) is 24.5 Å². The highest BCUT2D eigenvalue weighted by Gasteiger charge is 2.29. The van der Waals surface area contributed by atoms with E-state index in [4.69, 9.17) is 5.10 Å². The minimum absolute atomic E-state index is 0.0222. The van der Waals surface area contributed by atoms with Gasteiger partial charge < -0.3 is 10.2 Å². The normalized spacial score (nSPS) is 16.8. The van der Waals surface area contributed by atoms with Crippen molar-refractivity contribution in [2.45, 2.75) is 46.5 Å². The average Bonchev–Trinajstić information content (AvgIpc) is 3.13. The molecule has 7 heteroatoms. The van der Waals surface area contributed by atoms with Crippen molar-refractivity contribution in [3.05, 3.63) is 41.7 Å². The predicted molar refractivity (Wildman–Crippen MR) is 119 cm³/mol. The number of anilines is 1. The zero-order chi connectivity index (χ0) is 21.1. The smallest absolute Gasteiger partial charge is 0.224 e. The predicted octanol–water partition coefficient (Wildman–Crippen LogP) is 3.57. The van der Waals surface area contributed by atoms with E-state index in [1.807, 2.05) is 41.9 Å². The topological polar surface area (TPSA) is 75.9 Å². The Hall–Kier alpha value is -2.96. The lowest BCUT2D eigenvalue weighted by Crippen LogP contribution is -2.43. The molecule has 1 atom stereocenters. The van der Waals surface area contributed by atoms with Crippen molar-refractivity contribution in [3.8, 4) is 5.69 Å². The maximum Gasteiger partial charge on any atom is 0.224 e. The van der Waals surface area contributed by atoms with Crippen LogP contribution < -0.4 is 10.2 Å². The van der Waals surface area contributed by atoms with E-state index < -0.39 is 0 Å². The van der Waals surface area contributed by atoms with Gasteiger partial charge in [0.05, 0.1) is 28.4 Å². The molecular formula is C23H30N6O. The molecule has 0 radical (unpaired) electrons. The zero-order valence-electron chi connectivity index (χ0n) is 18.1. The van der Waals surface area contributed by atoms with Crippen LogP contribution in [0, 0.1) is 19.8 Å². The number of carbonyl (C=O) groups is 1. The number of amides is 1. The fraction of sp³-hybridized carbons (Fsp3) is 0.478. The van der Waals surface area contributed by atoms with E-state index in [0.29, 0.717) is 6.54 Å². The molecule has 0 saturated carbocycles. The molecule has 7 nitrogen and oxygen atoms in total. The molecule has 0 aliphatic carbocycles. The zero-order valence-corrected chi connectivity index (χ0v) is 18.1. The Morgan fingerprint density at radius 3 is 2.77 bits per heavy atom. The Bertz CT molecular complexity index is 1030. The summed E-state index contributed by atoms with van der Waals surface area (Å²) in [6.45, 7) is 8.45. The second-order valence-corrected chi connectivity index (χ2v) is 8.10. The summed E-state index contributed by atoms with van der Waals surface area (Å²) in [7, 11) is 0. The molecule has 158 valence electrons. The summed E-state index contributed by atoms with van der Waals surface area (Å²) < 4.78 is 1.96. The molecule has 1 saturated heterocycles. The first-order chi connectivity index (χ1) is 14.6. The summed E-state index contributed by atoms with van der Waals surface area (Å²) in [6.07, 6.45) is 3.97. The summed E-state index contributed by atoms with van der Waals surface area (Å²) in [5.41, 5.74) is 3.80. The fourth-order valence-corrected chi connectivity index (χ4v) is 4.26. The van der Waals surface area contributed by atoms with Gasteiger partial charge in [0.1, 0.15) is 5.52 Å². The number of benzene rings is 1. The number of carbonyl (C=O) groups excluding carboxylic acids is 1. The van der Waals surface area contributed by atoms with Crippen LogP contribution >= 0.6 is 0 Å². The highest BCUT2D eigenvalue weighted by molar-refractivity contribution is 5.92. The molecule has 3 aromatic rings. The van der Waals surface area contributed by atoms with Crippen LogP contribution in [0.5, 0.6) is 0 Å². The van der Waals surface area contributed by atoms with Crippen molar-refractivity contribution < 1.29 is 4.79 Å². The maximum absolute atomic E-state index is 12.6. The van der Waals surface area contributed by atoms with Gasteiger partial charge in [0.25, 0.3) is 0 Å². The number of rotatable bonds is 6. The van der Waals surface area contributed by atoms with Crippen LogP contribution in [0.4, 0.5) is 5.82 Å². The van der Waals surface area contributed by atoms with E-state index in [1.54, 1.807) is 0 Å². The number of hydrogen-bond acceptors (Lipinski definition) is 5. The highest BCUT2D eigenvalue weighted by Crippen LogP contribution is 2.31. The van der Waals surface area contributed by atoms with Crippen molar-refractivity contribution in [2.24, 2.45) is 5.92 Å². The summed E-state index contributed by atoms with van der Waals surface area (Å²) >= 11 is 0. The van der Waals surface area contributed by atoms with Gasteiger partial charge in [-0.2, -0.15) is 10.2 Å². The molecule has 1 aliphatic rings. The van der Waals surface area contributed by atoms with Crippen LogP contribution in [0.25, 0.3) is 16.6 Å². The molecule has 0 bridgehead atoms. The number of aromatic nitrogens is 4. The summed E-state index contributed by atoms with van der Waals surface area (Å²) in [4.78, 5) is 14.8. The summed E-state index contributed by atoms with van der Waals surface area (Å²) in [5, 5.41) is 18.0. The fourth-order valence-electron chi connectivity index (χ4n) is 4.26. The van der Waals surface area contributed by atoms with E-state index in [-0.39, 0.29) is 11.8 Å². The van der Waals surface area contributed by atoms with Gasteiger partial charge in [-0.15, -0.1) is 5.10 Å². The molecule has 0 unspecified atom stereocenters. The van der Waals surface area contributed by atoms with Crippen LogP contribution in [0.1, 0.15) is 44.0 Å². The first-order valence-electron chi connectivity index (χ1n) is 10.9. The molecule has 1 aliphatic heterocycles. The van der Waals surface area contributed by atoms with Crippen LogP contribution in [0.2, 0.25) is 0 Å². The Morgan fingerprint density at radius 1 is 1.20 bits per heavy atom. The third kappa shape index (κ3) is 3.88. The van der Waals surface area contributed by atoms with Crippen molar-refractivity contribution in [1.82, 2.24) is 25.3 Å². The van der Waals surface area contributed by atoms with Gasteiger partial charge in [0, 0.05) is 19.6 Å². The second-order valence-electron chi connectivity index (χ2n) is 8.10. The second kappa shape index (κ2) is 8.81. The number of piperidine rings is 1. The van der Waals surface area contributed by atoms with Crippen molar-refractivity contribution in [3.63, 3.8) is 0 Å². The van der Waals surface area contributed by atoms with E-state index in [1.165, 1.54) is 0 Å². The average molecular weight is 407 g/mol. The van der Waals surface area contributed by atoms with Crippen molar-refractivity contribution >= 4 is 22.6 Å². The lowest BCUT2D eigenvalue weighted by atomic mass is 9.97. The number of unbranched alkanes of at least 4 members (excludes halogenated alkanes) is 1. The number of aryl methyl sites for hydroxylation is 2. The highest BCUT2D eigenvalue weighted by atomic mass is 16.1. The van der Waals surface area contributed by atoms with Gasteiger partial charge in [-0.25, -0.2) is 4.68 Å². The third-order valence-electron chi connectivity index (χ3n) is 5.91. The Balaban J connectivity index is 1.66. The Kier molecular flexibility index (Phi) is 5.97. The largest absolute Gasteiger partial charge is 0.356 e. The minimum Gasteiger partial charge on any atom is -0.356 e. The van der Waals surface area contributed by atoms with Crippen molar-refractivity contribution in [1.29, 1.82) is 0 Å². The van der Waals surface area contributed by atoms with E-state index in [0.717, 1.165) is 72.6 Å². The molecule has 1 amide bonds. The molecular weight excluding hydrogens is 376 g/mol. The van der Waals surface area contributed by atoms with Crippen LogP contribution in [0.15, 0.2) is 30.3 Å². The van der Waals surface area contributed by atoms with Gasteiger partial charge in [0.15, 0.2) is 5.82 Å². The molecule has 1 N–H and O–H groups in total. The van der Waals surface area contributed by atoms with Gasteiger partial charge >= 0.3 is 0 Å². The molecule has 1 aromatic carbocycles. The lowest BCUT2D eigenvalue weighted by molar-refractivity contribution is -0.125. The summed E-state index contributed by atoms with van der Waals surface area (Å²) in [6, 6.07) is 10.1. The van der Waals surface area contributed by atoms with Gasteiger partial charge in [-0.1, -0.05) is 31.5 Å². The SMILES string of the molecule is CCCCNC(=O)[C@H]1CCCN(c2nnc(C)c3c(C)n(-c4ccccc4)nc23)C1.